The van der Waals surface area contributed by atoms with Gasteiger partial charge < -0.3 is 0 Å². The van der Waals surface area contributed by atoms with E-state index in [9.17, 15) is 4.79 Å². The van der Waals surface area contributed by atoms with E-state index >= 15 is 0 Å². The lowest BCUT2D eigenvalue weighted by Gasteiger charge is -2.40. The van der Waals surface area contributed by atoms with Crippen LogP contribution in [0.25, 0.3) is 10.8 Å². The fraction of sp³-hybridized carbons (Fsp3) is 0.409. The second kappa shape index (κ2) is 4.56. The number of ketones is 1. The molecule has 1 fully saturated rings. The number of Topliss-reactive ketones (excluding diaryl/α,β-unsaturated/α-hetero) is 1. The van der Waals surface area contributed by atoms with Gasteiger partial charge in [0.2, 0.25) is 0 Å². The lowest BCUT2D eigenvalue weighted by atomic mass is 9.62. The molecule has 1 spiro atoms. The summed E-state index contributed by atoms with van der Waals surface area (Å²) in [4.78, 5) is 13.0. The van der Waals surface area contributed by atoms with E-state index in [1.165, 1.54) is 33.9 Å². The molecule has 116 valence electrons. The van der Waals surface area contributed by atoms with Crippen molar-refractivity contribution in [2.75, 3.05) is 0 Å². The molecule has 2 bridgehead atoms. The van der Waals surface area contributed by atoms with Gasteiger partial charge in [-0.15, -0.1) is 0 Å². The van der Waals surface area contributed by atoms with E-state index in [4.69, 9.17) is 0 Å². The zero-order valence-electron chi connectivity index (χ0n) is 13.6. The molecule has 3 aliphatic rings. The minimum absolute atomic E-state index is 0.205. The first kappa shape index (κ1) is 13.5. The van der Waals surface area contributed by atoms with Gasteiger partial charge in [0.05, 0.1) is 5.41 Å². The predicted octanol–water partition coefficient (Wildman–Crippen LogP) is 4.75. The summed E-state index contributed by atoms with van der Waals surface area (Å²) in [7, 11) is 0. The molecule has 3 atom stereocenters. The SMILES string of the molecule is CCc1cccc2cc3c(cc12)CCC(=O)C31CC2C=CC1C2. The summed E-state index contributed by atoms with van der Waals surface area (Å²) in [6, 6.07) is 11.4. The largest absolute Gasteiger partial charge is 0.299 e. The Morgan fingerprint density at radius 3 is 2.83 bits per heavy atom. The van der Waals surface area contributed by atoms with Gasteiger partial charge >= 0.3 is 0 Å². The Labute approximate surface area is 137 Å². The first-order chi connectivity index (χ1) is 11.2. The van der Waals surface area contributed by atoms with Gasteiger partial charge in [0.15, 0.2) is 0 Å². The highest BCUT2D eigenvalue weighted by molar-refractivity contribution is 5.97. The fourth-order valence-corrected chi connectivity index (χ4v) is 5.47. The predicted molar refractivity (Wildman–Crippen MR) is 93.7 cm³/mol. The molecule has 0 N–H and O–H groups in total. The fourth-order valence-electron chi connectivity index (χ4n) is 5.47. The molecule has 3 unspecified atom stereocenters. The number of benzene rings is 2. The van der Waals surface area contributed by atoms with E-state index in [1.807, 2.05) is 0 Å². The van der Waals surface area contributed by atoms with Gasteiger partial charge in [-0.1, -0.05) is 43.3 Å². The average Bonchev–Trinajstić information content (AvgIpc) is 3.18. The van der Waals surface area contributed by atoms with Crippen molar-refractivity contribution in [3.63, 3.8) is 0 Å². The molecule has 1 saturated carbocycles. The van der Waals surface area contributed by atoms with Gasteiger partial charge in [-0.25, -0.2) is 0 Å². The number of rotatable bonds is 1. The van der Waals surface area contributed by atoms with Crippen LogP contribution in [0.4, 0.5) is 0 Å². The summed E-state index contributed by atoms with van der Waals surface area (Å²) in [6.07, 6.45) is 9.60. The van der Waals surface area contributed by atoms with Gasteiger partial charge in [0, 0.05) is 6.42 Å². The molecule has 0 radical (unpaired) electrons. The lowest BCUT2D eigenvalue weighted by Crippen LogP contribution is -2.43. The molecule has 23 heavy (non-hydrogen) atoms. The van der Waals surface area contributed by atoms with Crippen LogP contribution in [-0.2, 0) is 23.1 Å². The van der Waals surface area contributed by atoms with Crippen molar-refractivity contribution in [1.29, 1.82) is 0 Å². The van der Waals surface area contributed by atoms with Crippen LogP contribution in [0.5, 0.6) is 0 Å². The summed E-state index contributed by atoms with van der Waals surface area (Å²) in [5.74, 6) is 1.55. The molecule has 1 heteroatoms. The molecule has 2 aromatic carbocycles. The molecule has 0 aromatic heterocycles. The lowest BCUT2D eigenvalue weighted by molar-refractivity contribution is -0.126. The Balaban J connectivity index is 1.79. The Bertz CT molecular complexity index is 860. The third-order valence-corrected chi connectivity index (χ3v) is 6.56. The summed E-state index contributed by atoms with van der Waals surface area (Å²) in [5, 5.41) is 2.70. The number of carbonyl (C=O) groups is 1. The number of hydrogen-bond donors (Lipinski definition) is 0. The minimum Gasteiger partial charge on any atom is -0.299 e. The molecule has 3 aliphatic carbocycles. The Morgan fingerprint density at radius 1 is 1.17 bits per heavy atom. The van der Waals surface area contributed by atoms with E-state index in [0.29, 0.717) is 17.6 Å². The second-order valence-electron chi connectivity index (χ2n) is 7.59. The van der Waals surface area contributed by atoms with Crippen LogP contribution in [0.2, 0.25) is 0 Å². The molecule has 2 aromatic rings. The van der Waals surface area contributed by atoms with E-state index < -0.39 is 0 Å². The topological polar surface area (TPSA) is 17.1 Å². The van der Waals surface area contributed by atoms with Crippen LogP contribution in [0.3, 0.4) is 0 Å². The normalized spacial score (nSPS) is 31.3. The van der Waals surface area contributed by atoms with Crippen LogP contribution in [0.1, 0.15) is 42.9 Å². The summed E-state index contributed by atoms with van der Waals surface area (Å²) >= 11 is 0. The van der Waals surface area contributed by atoms with Crippen LogP contribution in [-0.4, -0.2) is 5.78 Å². The van der Waals surface area contributed by atoms with E-state index in [1.54, 1.807) is 0 Å². The first-order valence-corrected chi connectivity index (χ1v) is 8.99. The van der Waals surface area contributed by atoms with E-state index in [-0.39, 0.29) is 5.41 Å². The van der Waals surface area contributed by atoms with Crippen molar-refractivity contribution in [2.45, 2.75) is 44.4 Å². The molecule has 0 saturated heterocycles. The van der Waals surface area contributed by atoms with Gasteiger partial charge in [0.25, 0.3) is 0 Å². The maximum atomic E-state index is 13.0. The highest BCUT2D eigenvalue weighted by Crippen LogP contribution is 2.57. The zero-order valence-corrected chi connectivity index (χ0v) is 13.6. The van der Waals surface area contributed by atoms with Crippen molar-refractivity contribution < 1.29 is 4.79 Å². The molecule has 1 nitrogen and oxygen atoms in total. The third kappa shape index (κ3) is 1.66. The molecular formula is C22H22O. The molecule has 0 aliphatic heterocycles. The average molecular weight is 302 g/mol. The van der Waals surface area contributed by atoms with Crippen molar-refractivity contribution in [1.82, 2.24) is 0 Å². The number of allylic oxidation sites excluding steroid dienone is 2. The van der Waals surface area contributed by atoms with Gasteiger partial charge in [-0.3, -0.25) is 4.79 Å². The standard InChI is InChI=1S/C22H22O/c1-2-15-4-3-5-16-12-20-17(11-19(15)16)7-9-21(23)22(20)13-14-6-8-18(22)10-14/h3-6,8,11-12,14,18H,2,7,9-10,13H2,1H3. The van der Waals surface area contributed by atoms with Crippen LogP contribution < -0.4 is 0 Å². The Kier molecular flexibility index (Phi) is 2.69. The monoisotopic (exact) mass is 302 g/mol. The van der Waals surface area contributed by atoms with Crippen molar-refractivity contribution >= 4 is 16.6 Å². The smallest absolute Gasteiger partial charge is 0.144 e. The third-order valence-electron chi connectivity index (χ3n) is 6.56. The van der Waals surface area contributed by atoms with Crippen LogP contribution in [0.15, 0.2) is 42.5 Å². The summed E-state index contributed by atoms with van der Waals surface area (Å²) in [6.45, 7) is 2.22. The molecule has 0 heterocycles. The molecular weight excluding hydrogens is 280 g/mol. The molecule has 5 rings (SSSR count). The van der Waals surface area contributed by atoms with Crippen molar-refractivity contribution in [3.05, 3.63) is 59.2 Å². The van der Waals surface area contributed by atoms with E-state index in [2.05, 4.69) is 49.4 Å². The highest BCUT2D eigenvalue weighted by atomic mass is 16.1. The van der Waals surface area contributed by atoms with Crippen LogP contribution >= 0.6 is 0 Å². The van der Waals surface area contributed by atoms with Crippen molar-refractivity contribution in [3.8, 4) is 0 Å². The maximum absolute atomic E-state index is 13.0. The number of fused-ring (bicyclic) bond motifs is 6. The Morgan fingerprint density at radius 2 is 2.09 bits per heavy atom. The van der Waals surface area contributed by atoms with Crippen LogP contribution in [0, 0.1) is 11.8 Å². The maximum Gasteiger partial charge on any atom is 0.144 e. The Hall–Kier alpha value is -1.89. The number of carbonyl (C=O) groups excluding carboxylic acids is 1. The molecule has 0 amide bonds. The summed E-state index contributed by atoms with van der Waals surface area (Å²) < 4.78 is 0. The van der Waals surface area contributed by atoms with Gasteiger partial charge in [0.1, 0.15) is 5.78 Å². The minimum atomic E-state index is -0.205. The van der Waals surface area contributed by atoms with Crippen molar-refractivity contribution in [2.24, 2.45) is 11.8 Å². The zero-order chi connectivity index (χ0) is 15.6. The quantitative estimate of drug-likeness (QED) is 0.695. The highest BCUT2D eigenvalue weighted by Gasteiger charge is 2.55. The van der Waals surface area contributed by atoms with Gasteiger partial charge in [-0.2, -0.15) is 0 Å². The number of aryl methyl sites for hydroxylation is 2. The summed E-state index contributed by atoms with van der Waals surface area (Å²) in [5.41, 5.74) is 4.00. The second-order valence-corrected chi connectivity index (χ2v) is 7.59. The first-order valence-electron chi connectivity index (χ1n) is 8.99. The van der Waals surface area contributed by atoms with Gasteiger partial charge in [-0.05, 0) is 71.0 Å². The van der Waals surface area contributed by atoms with E-state index in [0.717, 1.165) is 25.7 Å². The number of hydrogen-bond acceptors (Lipinski definition) is 1.